The molecule has 0 aliphatic heterocycles. The van der Waals surface area contributed by atoms with Crippen molar-refractivity contribution < 1.29 is 22.7 Å². The summed E-state index contributed by atoms with van der Waals surface area (Å²) >= 11 is 0. The lowest BCUT2D eigenvalue weighted by Gasteiger charge is -2.12. The van der Waals surface area contributed by atoms with Crippen molar-refractivity contribution in [3.8, 4) is 0 Å². The Morgan fingerprint density at radius 1 is 1.31 bits per heavy atom. The third-order valence-corrected chi connectivity index (χ3v) is 3.63. The number of aromatic nitrogens is 3. The first-order valence-electron chi connectivity index (χ1n) is 7.60. The van der Waals surface area contributed by atoms with Gasteiger partial charge in [-0.15, -0.1) is 0 Å². The number of rotatable bonds is 6. The molecule has 0 fully saturated rings. The summed E-state index contributed by atoms with van der Waals surface area (Å²) < 4.78 is 44.6. The van der Waals surface area contributed by atoms with E-state index in [-0.39, 0.29) is 5.39 Å². The summed E-state index contributed by atoms with van der Waals surface area (Å²) in [6.45, 7) is 0.187. The Bertz CT molecular complexity index is 933. The highest BCUT2D eigenvalue weighted by Gasteiger charge is 2.33. The molecule has 2 aromatic rings. The van der Waals surface area contributed by atoms with E-state index in [9.17, 15) is 27.6 Å². The molecule has 11 heteroatoms. The van der Waals surface area contributed by atoms with Crippen LogP contribution in [-0.2, 0) is 29.3 Å². The second-order valence-corrected chi connectivity index (χ2v) is 5.49. The summed E-state index contributed by atoms with van der Waals surface area (Å²) in [5.41, 5.74) is -3.42. The molecule has 0 saturated carbocycles. The van der Waals surface area contributed by atoms with Crippen molar-refractivity contribution in [2.75, 3.05) is 20.3 Å². The lowest BCUT2D eigenvalue weighted by molar-refractivity contribution is -0.141. The van der Waals surface area contributed by atoms with Gasteiger partial charge in [-0.2, -0.15) is 13.2 Å². The van der Waals surface area contributed by atoms with Crippen molar-refractivity contribution in [1.82, 2.24) is 19.4 Å². The maximum atomic E-state index is 12.8. The van der Waals surface area contributed by atoms with Crippen molar-refractivity contribution in [3.63, 3.8) is 0 Å². The lowest BCUT2D eigenvalue weighted by Crippen LogP contribution is -2.43. The smallest absolute Gasteiger partial charge is 0.385 e. The van der Waals surface area contributed by atoms with Crippen LogP contribution in [0.2, 0.25) is 0 Å². The highest BCUT2D eigenvalue weighted by molar-refractivity contribution is 5.77. The van der Waals surface area contributed by atoms with Gasteiger partial charge in [0.05, 0.1) is 5.39 Å². The predicted octanol–water partition coefficient (Wildman–Crippen LogP) is 0.267. The van der Waals surface area contributed by atoms with E-state index in [1.165, 1.54) is 14.2 Å². The number of alkyl halides is 3. The number of fused-ring (bicyclic) bond motifs is 1. The monoisotopic (exact) mass is 374 g/mol. The van der Waals surface area contributed by atoms with E-state index in [4.69, 9.17) is 4.74 Å². The molecule has 26 heavy (non-hydrogen) atoms. The van der Waals surface area contributed by atoms with Gasteiger partial charge in [-0.3, -0.25) is 18.7 Å². The van der Waals surface area contributed by atoms with Gasteiger partial charge in [-0.1, -0.05) is 0 Å². The van der Waals surface area contributed by atoms with Crippen molar-refractivity contribution in [2.24, 2.45) is 7.05 Å². The van der Waals surface area contributed by atoms with E-state index >= 15 is 0 Å². The zero-order valence-electron chi connectivity index (χ0n) is 14.1. The molecule has 0 unspecified atom stereocenters. The van der Waals surface area contributed by atoms with Crippen molar-refractivity contribution >= 4 is 16.9 Å². The third kappa shape index (κ3) is 4.10. The molecule has 8 nitrogen and oxygen atoms in total. The summed E-state index contributed by atoms with van der Waals surface area (Å²) in [5, 5.41) is 2.34. The Kier molecular flexibility index (Phi) is 5.80. The van der Waals surface area contributed by atoms with Gasteiger partial charge in [0.25, 0.3) is 5.56 Å². The lowest BCUT2D eigenvalue weighted by atomic mass is 10.2. The molecule has 2 rings (SSSR count). The number of carbonyl (C=O) groups is 1. The van der Waals surface area contributed by atoms with Crippen LogP contribution in [0, 0.1) is 0 Å². The van der Waals surface area contributed by atoms with E-state index in [0.29, 0.717) is 30.2 Å². The van der Waals surface area contributed by atoms with Crippen LogP contribution in [0.4, 0.5) is 13.2 Å². The van der Waals surface area contributed by atoms with Crippen LogP contribution in [0.25, 0.3) is 11.0 Å². The third-order valence-electron chi connectivity index (χ3n) is 3.63. The first kappa shape index (κ1) is 19.6. The molecule has 0 aliphatic rings. The zero-order valence-corrected chi connectivity index (χ0v) is 14.1. The second kappa shape index (κ2) is 7.68. The largest absolute Gasteiger partial charge is 0.433 e. The molecular weight excluding hydrogens is 357 g/mol. The van der Waals surface area contributed by atoms with Gasteiger partial charge in [0.15, 0.2) is 0 Å². The van der Waals surface area contributed by atoms with Crippen LogP contribution >= 0.6 is 0 Å². The van der Waals surface area contributed by atoms with Gasteiger partial charge in [-0.25, -0.2) is 9.78 Å². The van der Waals surface area contributed by atoms with E-state index in [2.05, 4.69) is 10.3 Å². The van der Waals surface area contributed by atoms with E-state index in [1.807, 2.05) is 0 Å². The van der Waals surface area contributed by atoms with Crippen molar-refractivity contribution in [2.45, 2.75) is 19.1 Å². The number of ether oxygens (including phenoxy) is 1. The number of carbonyl (C=O) groups excluding carboxylic acids is 1. The van der Waals surface area contributed by atoms with Crippen molar-refractivity contribution in [3.05, 3.63) is 38.7 Å². The molecular formula is C15H17F3N4O4. The first-order chi connectivity index (χ1) is 12.2. The minimum atomic E-state index is -4.71. The van der Waals surface area contributed by atoms with Gasteiger partial charge >= 0.3 is 11.9 Å². The van der Waals surface area contributed by atoms with Gasteiger partial charge in [-0.05, 0) is 18.6 Å². The standard InChI is InChI=1S/C15H17F3N4O4/c1-21-12-9(4-5-10(20-12)15(16,17)18)13(24)22(14(21)25)8-11(23)19-6-3-7-26-2/h4-5H,3,6-8H2,1-2H3,(H,19,23). The number of amides is 1. The molecule has 142 valence electrons. The van der Waals surface area contributed by atoms with Crippen LogP contribution in [0.3, 0.4) is 0 Å². The van der Waals surface area contributed by atoms with E-state index < -0.39 is 41.2 Å². The van der Waals surface area contributed by atoms with Crippen LogP contribution in [0.1, 0.15) is 12.1 Å². The minimum Gasteiger partial charge on any atom is -0.385 e. The van der Waals surface area contributed by atoms with Crippen LogP contribution in [0.15, 0.2) is 21.7 Å². The molecule has 0 radical (unpaired) electrons. The molecule has 0 bridgehead atoms. The number of nitrogens with one attached hydrogen (secondary N) is 1. The SMILES string of the molecule is COCCCNC(=O)Cn1c(=O)c2ccc(C(F)(F)F)nc2n(C)c1=O. The molecule has 0 aliphatic carbocycles. The van der Waals surface area contributed by atoms with E-state index in [1.54, 1.807) is 0 Å². The Morgan fingerprint density at radius 2 is 2.00 bits per heavy atom. The number of pyridine rings is 1. The molecule has 2 aromatic heterocycles. The Balaban J connectivity index is 2.39. The van der Waals surface area contributed by atoms with Gasteiger partial charge < -0.3 is 10.1 Å². The molecule has 2 heterocycles. The second-order valence-electron chi connectivity index (χ2n) is 5.49. The highest BCUT2D eigenvalue weighted by atomic mass is 19.4. The maximum Gasteiger partial charge on any atom is 0.433 e. The fourth-order valence-corrected chi connectivity index (χ4v) is 2.32. The number of aryl methyl sites for hydroxylation is 1. The van der Waals surface area contributed by atoms with Gasteiger partial charge in [0.1, 0.15) is 17.9 Å². The topological polar surface area (TPSA) is 95.2 Å². The predicted molar refractivity (Wildman–Crippen MR) is 85.7 cm³/mol. The molecule has 0 aromatic carbocycles. The molecule has 0 saturated heterocycles. The average Bonchev–Trinajstić information content (AvgIpc) is 2.59. The molecule has 1 amide bonds. The first-order valence-corrected chi connectivity index (χ1v) is 7.60. The van der Waals surface area contributed by atoms with Crippen LogP contribution < -0.4 is 16.6 Å². The summed E-state index contributed by atoms with van der Waals surface area (Å²) in [7, 11) is 2.70. The number of hydrogen-bond donors (Lipinski definition) is 1. The number of halogens is 3. The Morgan fingerprint density at radius 3 is 2.62 bits per heavy atom. The molecule has 0 spiro atoms. The fraction of sp³-hybridized carbons (Fsp3) is 0.467. The molecule has 1 N–H and O–H groups in total. The summed E-state index contributed by atoms with van der Waals surface area (Å²) in [4.78, 5) is 39.9. The molecule has 0 atom stereocenters. The van der Waals surface area contributed by atoms with Crippen molar-refractivity contribution in [1.29, 1.82) is 0 Å². The minimum absolute atomic E-state index is 0.188. The summed E-state index contributed by atoms with van der Waals surface area (Å²) in [6.07, 6.45) is -4.15. The average molecular weight is 374 g/mol. The summed E-state index contributed by atoms with van der Waals surface area (Å²) in [5.74, 6) is -0.570. The Hall–Kier alpha value is -2.69. The van der Waals surface area contributed by atoms with Gasteiger partial charge in [0.2, 0.25) is 5.91 Å². The maximum absolute atomic E-state index is 12.8. The zero-order chi connectivity index (χ0) is 19.5. The van der Waals surface area contributed by atoms with E-state index in [0.717, 1.165) is 10.6 Å². The summed E-state index contributed by atoms with van der Waals surface area (Å²) in [6, 6.07) is 1.60. The quantitative estimate of drug-likeness (QED) is 0.733. The highest BCUT2D eigenvalue weighted by Crippen LogP contribution is 2.28. The fourth-order valence-electron chi connectivity index (χ4n) is 2.32. The van der Waals surface area contributed by atoms with Crippen LogP contribution in [0.5, 0.6) is 0 Å². The number of nitrogens with zero attached hydrogens (tertiary/aromatic N) is 3. The van der Waals surface area contributed by atoms with Crippen LogP contribution in [-0.4, -0.2) is 40.3 Å². The number of hydrogen-bond acceptors (Lipinski definition) is 5. The number of methoxy groups -OCH3 is 1. The Labute approximate surface area is 145 Å². The van der Waals surface area contributed by atoms with Gasteiger partial charge in [0, 0.05) is 27.3 Å². The normalized spacial score (nSPS) is 11.7.